The maximum absolute atomic E-state index is 10.7. The van der Waals surface area contributed by atoms with Crippen LogP contribution in [-0.4, -0.2) is 21.8 Å². The molecule has 0 aromatic rings. The third-order valence-corrected chi connectivity index (χ3v) is 2.72. The van der Waals surface area contributed by atoms with Gasteiger partial charge in [-0.3, -0.25) is 0 Å². The van der Waals surface area contributed by atoms with E-state index in [2.05, 4.69) is 20.8 Å². The van der Waals surface area contributed by atoms with Crippen LogP contribution in [0.1, 0.15) is 47.5 Å². The van der Waals surface area contributed by atoms with Crippen molar-refractivity contribution in [3.8, 4) is 0 Å². The number of aliphatic hydroxyl groups is 1. The van der Waals surface area contributed by atoms with E-state index >= 15 is 0 Å². The van der Waals surface area contributed by atoms with Crippen LogP contribution in [0.5, 0.6) is 0 Å². The van der Waals surface area contributed by atoms with E-state index in [9.17, 15) is 9.90 Å². The van der Waals surface area contributed by atoms with Crippen LogP contribution in [0.3, 0.4) is 0 Å². The predicted octanol–water partition coefficient (Wildman–Crippen LogP) is 2.28. The lowest BCUT2D eigenvalue weighted by molar-refractivity contribution is -0.162. The lowest BCUT2D eigenvalue weighted by atomic mass is 9.81. The highest BCUT2D eigenvalue weighted by molar-refractivity contribution is 5.76. The highest BCUT2D eigenvalue weighted by Gasteiger charge is 2.36. The highest BCUT2D eigenvalue weighted by atomic mass is 16.4. The lowest BCUT2D eigenvalue weighted by Gasteiger charge is -2.28. The summed E-state index contributed by atoms with van der Waals surface area (Å²) < 4.78 is 0. The topological polar surface area (TPSA) is 57.5 Å². The van der Waals surface area contributed by atoms with Crippen molar-refractivity contribution in [2.24, 2.45) is 11.3 Å². The summed E-state index contributed by atoms with van der Waals surface area (Å²) in [5, 5.41) is 18.4. The first-order valence-corrected chi connectivity index (χ1v) is 5.03. The number of rotatable bonds is 4. The Morgan fingerprint density at radius 2 is 1.71 bits per heavy atom. The van der Waals surface area contributed by atoms with Gasteiger partial charge in [-0.15, -0.1) is 0 Å². The first-order valence-electron chi connectivity index (χ1n) is 5.03. The summed E-state index contributed by atoms with van der Waals surface area (Å²) in [7, 11) is 0. The van der Waals surface area contributed by atoms with Gasteiger partial charge in [0, 0.05) is 0 Å². The molecule has 3 nitrogen and oxygen atoms in total. The van der Waals surface area contributed by atoms with Crippen LogP contribution < -0.4 is 0 Å². The van der Waals surface area contributed by atoms with Crippen LogP contribution >= 0.6 is 0 Å². The number of hydrogen-bond donors (Lipinski definition) is 2. The summed E-state index contributed by atoms with van der Waals surface area (Å²) in [4.78, 5) is 10.7. The Labute approximate surface area is 86.1 Å². The van der Waals surface area contributed by atoms with Gasteiger partial charge in [0.15, 0.2) is 5.60 Å². The molecule has 0 radical (unpaired) electrons. The summed E-state index contributed by atoms with van der Waals surface area (Å²) in [6, 6.07) is 0. The van der Waals surface area contributed by atoms with E-state index in [1.54, 1.807) is 6.92 Å². The molecule has 2 unspecified atom stereocenters. The largest absolute Gasteiger partial charge is 0.479 e. The summed E-state index contributed by atoms with van der Waals surface area (Å²) >= 11 is 0. The number of aliphatic carboxylic acids is 1. The molecular formula is C11H22O3. The van der Waals surface area contributed by atoms with Gasteiger partial charge in [-0.1, -0.05) is 27.7 Å². The van der Waals surface area contributed by atoms with Gasteiger partial charge in [0.2, 0.25) is 0 Å². The van der Waals surface area contributed by atoms with Crippen molar-refractivity contribution in [1.29, 1.82) is 0 Å². The van der Waals surface area contributed by atoms with E-state index in [0.29, 0.717) is 0 Å². The molecular weight excluding hydrogens is 180 g/mol. The van der Waals surface area contributed by atoms with Gasteiger partial charge in [0.1, 0.15) is 0 Å². The Morgan fingerprint density at radius 3 is 2.00 bits per heavy atom. The van der Waals surface area contributed by atoms with Crippen molar-refractivity contribution in [3.63, 3.8) is 0 Å². The fraction of sp³-hybridized carbons (Fsp3) is 0.909. The molecule has 0 aliphatic carbocycles. The van der Waals surface area contributed by atoms with Crippen LogP contribution in [0, 0.1) is 11.3 Å². The minimum absolute atomic E-state index is 0.183. The molecule has 2 N–H and O–H groups in total. The van der Waals surface area contributed by atoms with Crippen molar-refractivity contribution in [2.75, 3.05) is 0 Å². The number of carboxylic acids is 1. The van der Waals surface area contributed by atoms with Gasteiger partial charge in [0.05, 0.1) is 0 Å². The molecule has 0 fully saturated rings. The van der Waals surface area contributed by atoms with Gasteiger partial charge in [0.25, 0.3) is 0 Å². The fourth-order valence-corrected chi connectivity index (χ4v) is 1.14. The number of carboxylic acid groups (broad SMARTS) is 1. The maximum atomic E-state index is 10.7. The van der Waals surface area contributed by atoms with E-state index in [0.717, 1.165) is 12.8 Å². The monoisotopic (exact) mass is 202 g/mol. The standard InChI is InChI=1S/C11H22O3/c1-8(6-7-10(2,3)4)11(5,14)9(12)13/h8,14H,6-7H2,1-5H3,(H,12,13). The van der Waals surface area contributed by atoms with Crippen molar-refractivity contribution >= 4 is 5.97 Å². The second-order valence-corrected chi connectivity index (χ2v) is 5.45. The molecule has 2 atom stereocenters. The fourth-order valence-electron chi connectivity index (χ4n) is 1.14. The van der Waals surface area contributed by atoms with Gasteiger partial charge in [-0.2, -0.15) is 0 Å². The second-order valence-electron chi connectivity index (χ2n) is 5.45. The first-order chi connectivity index (χ1) is 6.07. The van der Waals surface area contributed by atoms with Crippen molar-refractivity contribution in [2.45, 2.75) is 53.1 Å². The third-order valence-electron chi connectivity index (χ3n) is 2.72. The Morgan fingerprint density at radius 1 is 1.29 bits per heavy atom. The number of hydrogen-bond acceptors (Lipinski definition) is 2. The molecule has 0 aromatic carbocycles. The third kappa shape index (κ3) is 4.09. The Bertz CT molecular complexity index is 201. The lowest BCUT2D eigenvalue weighted by Crippen LogP contribution is -2.41. The van der Waals surface area contributed by atoms with Gasteiger partial charge in [-0.05, 0) is 31.1 Å². The zero-order valence-electron chi connectivity index (χ0n) is 9.79. The molecule has 0 spiro atoms. The molecule has 0 bridgehead atoms. The molecule has 0 aromatic heterocycles. The summed E-state index contributed by atoms with van der Waals surface area (Å²) in [6.45, 7) is 9.46. The molecule has 0 amide bonds. The zero-order chi connectivity index (χ0) is 11.6. The van der Waals surface area contributed by atoms with Crippen molar-refractivity contribution in [3.05, 3.63) is 0 Å². The smallest absolute Gasteiger partial charge is 0.335 e. The van der Waals surface area contributed by atoms with E-state index in [1.165, 1.54) is 6.92 Å². The molecule has 0 heterocycles. The highest BCUT2D eigenvalue weighted by Crippen LogP contribution is 2.28. The molecule has 3 heteroatoms. The molecule has 0 saturated heterocycles. The SMILES string of the molecule is CC(CCC(C)(C)C)C(C)(O)C(=O)O. The van der Waals surface area contributed by atoms with Crippen LogP contribution in [0.25, 0.3) is 0 Å². The van der Waals surface area contributed by atoms with Crippen LogP contribution in [-0.2, 0) is 4.79 Å². The molecule has 0 saturated carbocycles. The molecule has 0 aliphatic heterocycles. The zero-order valence-corrected chi connectivity index (χ0v) is 9.79. The maximum Gasteiger partial charge on any atom is 0.335 e. The summed E-state index contributed by atoms with van der Waals surface area (Å²) in [6.07, 6.45) is 1.64. The van der Waals surface area contributed by atoms with Crippen LogP contribution in [0.15, 0.2) is 0 Å². The first kappa shape index (κ1) is 13.4. The number of carbonyl (C=O) groups is 1. The molecule has 0 aliphatic rings. The molecule has 14 heavy (non-hydrogen) atoms. The van der Waals surface area contributed by atoms with Crippen molar-refractivity contribution in [1.82, 2.24) is 0 Å². The van der Waals surface area contributed by atoms with E-state index < -0.39 is 11.6 Å². The predicted molar refractivity (Wildman–Crippen MR) is 56.1 cm³/mol. The van der Waals surface area contributed by atoms with E-state index in [-0.39, 0.29) is 11.3 Å². The molecule has 0 rings (SSSR count). The Kier molecular flexibility index (Phi) is 4.13. The average Bonchev–Trinajstić information content (AvgIpc) is 1.98. The summed E-state index contributed by atoms with van der Waals surface area (Å²) in [5.41, 5.74) is -1.42. The van der Waals surface area contributed by atoms with Gasteiger partial charge in [-0.25, -0.2) is 4.79 Å². The Hall–Kier alpha value is -0.570. The minimum atomic E-state index is -1.61. The van der Waals surface area contributed by atoms with E-state index in [1.807, 2.05) is 0 Å². The van der Waals surface area contributed by atoms with Crippen LogP contribution in [0.4, 0.5) is 0 Å². The summed E-state index contributed by atoms with van der Waals surface area (Å²) in [5.74, 6) is -1.36. The Balaban J connectivity index is 4.22. The minimum Gasteiger partial charge on any atom is -0.479 e. The quantitative estimate of drug-likeness (QED) is 0.735. The average molecular weight is 202 g/mol. The normalized spacial score (nSPS) is 18.7. The van der Waals surface area contributed by atoms with Gasteiger partial charge >= 0.3 is 5.97 Å². The second kappa shape index (κ2) is 4.30. The van der Waals surface area contributed by atoms with E-state index in [4.69, 9.17) is 5.11 Å². The van der Waals surface area contributed by atoms with Crippen molar-refractivity contribution < 1.29 is 15.0 Å². The molecule has 84 valence electrons. The van der Waals surface area contributed by atoms with Crippen LogP contribution in [0.2, 0.25) is 0 Å². The van der Waals surface area contributed by atoms with Gasteiger partial charge < -0.3 is 10.2 Å².